The monoisotopic (exact) mass is 326 g/mol. The van der Waals surface area contributed by atoms with Gasteiger partial charge in [-0.1, -0.05) is 30.1 Å². The highest BCUT2D eigenvalue weighted by molar-refractivity contribution is 6.33. The third kappa shape index (κ3) is 3.85. The van der Waals surface area contributed by atoms with E-state index in [0.717, 1.165) is 6.42 Å². The van der Waals surface area contributed by atoms with Gasteiger partial charge in [0.15, 0.2) is 0 Å². The second-order valence-corrected chi connectivity index (χ2v) is 5.66. The fourth-order valence-electron chi connectivity index (χ4n) is 2.44. The van der Waals surface area contributed by atoms with E-state index in [9.17, 15) is 4.79 Å². The second-order valence-electron chi connectivity index (χ2n) is 4.88. The molecule has 5 nitrogen and oxygen atoms in total. The molecule has 0 aliphatic carbocycles. The minimum absolute atomic E-state index is 0.0768. The molecule has 0 radical (unpaired) electrons. The molecule has 112 valence electrons. The van der Waals surface area contributed by atoms with Crippen molar-refractivity contribution in [2.45, 2.75) is 19.4 Å². The summed E-state index contributed by atoms with van der Waals surface area (Å²) in [5.41, 5.74) is 0.445. The second kappa shape index (κ2) is 7.08. The number of hydrogen-bond donors (Lipinski definition) is 0. The lowest BCUT2D eigenvalue weighted by atomic mass is 10.1. The summed E-state index contributed by atoms with van der Waals surface area (Å²) < 4.78 is 0. The molecule has 0 spiro atoms. The average molecular weight is 327 g/mol. The van der Waals surface area contributed by atoms with Gasteiger partial charge in [0.05, 0.1) is 12.1 Å². The van der Waals surface area contributed by atoms with Crippen LogP contribution in [-0.4, -0.2) is 52.9 Å². The zero-order valence-electron chi connectivity index (χ0n) is 11.7. The first-order valence-electron chi connectivity index (χ1n) is 6.81. The Morgan fingerprint density at radius 1 is 1.33 bits per heavy atom. The molecular formula is C14H16Cl2N4O. The maximum atomic E-state index is 12.4. The van der Waals surface area contributed by atoms with Gasteiger partial charge in [0.1, 0.15) is 10.3 Å². The van der Waals surface area contributed by atoms with E-state index in [-0.39, 0.29) is 22.3 Å². The van der Waals surface area contributed by atoms with Crippen molar-refractivity contribution in [2.24, 2.45) is 0 Å². The summed E-state index contributed by atoms with van der Waals surface area (Å²) in [4.78, 5) is 20.1. The standard InChI is InChI=1S/C14H16Cl2N4O/c1-2-11(9-17)19-3-5-20(6-4-19)14(21)10-7-12(15)18-13(16)8-10/h7-8,11H,2-6H2,1H3. The van der Waals surface area contributed by atoms with Crippen LogP contribution in [0, 0.1) is 11.3 Å². The Bertz CT molecular complexity index is 544. The molecule has 0 N–H and O–H groups in total. The average Bonchev–Trinajstić information content (AvgIpc) is 2.47. The zero-order chi connectivity index (χ0) is 15.4. The van der Waals surface area contributed by atoms with Gasteiger partial charge < -0.3 is 4.90 Å². The van der Waals surface area contributed by atoms with Crippen molar-refractivity contribution < 1.29 is 4.79 Å². The molecule has 21 heavy (non-hydrogen) atoms. The van der Waals surface area contributed by atoms with Crippen LogP contribution >= 0.6 is 23.2 Å². The van der Waals surface area contributed by atoms with E-state index in [0.29, 0.717) is 31.7 Å². The first-order chi connectivity index (χ1) is 10.0. The summed E-state index contributed by atoms with van der Waals surface area (Å²) >= 11 is 11.6. The summed E-state index contributed by atoms with van der Waals surface area (Å²) in [5, 5.41) is 9.50. The van der Waals surface area contributed by atoms with E-state index in [1.54, 1.807) is 4.90 Å². The van der Waals surface area contributed by atoms with E-state index in [1.165, 1.54) is 12.1 Å². The fraction of sp³-hybridized carbons (Fsp3) is 0.500. The molecule has 0 saturated carbocycles. The van der Waals surface area contributed by atoms with Crippen LogP contribution in [0.2, 0.25) is 10.3 Å². The normalized spacial score (nSPS) is 17.3. The predicted molar refractivity (Wildman–Crippen MR) is 81.4 cm³/mol. The number of carbonyl (C=O) groups is 1. The summed E-state index contributed by atoms with van der Waals surface area (Å²) in [6.45, 7) is 4.57. The highest BCUT2D eigenvalue weighted by atomic mass is 35.5. The quantitative estimate of drug-likeness (QED) is 0.800. The molecule has 1 fully saturated rings. The van der Waals surface area contributed by atoms with Gasteiger partial charge >= 0.3 is 0 Å². The molecular weight excluding hydrogens is 311 g/mol. The molecule has 1 saturated heterocycles. The first-order valence-corrected chi connectivity index (χ1v) is 7.56. The van der Waals surface area contributed by atoms with Crippen LogP contribution in [0.3, 0.4) is 0 Å². The largest absolute Gasteiger partial charge is 0.336 e. The fourth-order valence-corrected chi connectivity index (χ4v) is 2.90. The van der Waals surface area contributed by atoms with Crippen molar-refractivity contribution in [2.75, 3.05) is 26.2 Å². The van der Waals surface area contributed by atoms with Crippen molar-refractivity contribution in [3.8, 4) is 6.07 Å². The van der Waals surface area contributed by atoms with Crippen LogP contribution in [0.4, 0.5) is 0 Å². The van der Waals surface area contributed by atoms with Crippen LogP contribution in [0.25, 0.3) is 0 Å². The lowest BCUT2D eigenvalue weighted by Crippen LogP contribution is -2.51. The summed E-state index contributed by atoms with van der Waals surface area (Å²) in [5.74, 6) is -0.106. The van der Waals surface area contributed by atoms with Gasteiger partial charge in [0.2, 0.25) is 0 Å². The Balaban J connectivity index is 2.02. The third-order valence-corrected chi connectivity index (χ3v) is 3.97. The smallest absolute Gasteiger partial charge is 0.254 e. The SMILES string of the molecule is CCC(C#N)N1CCN(C(=O)c2cc(Cl)nc(Cl)c2)CC1. The molecule has 1 amide bonds. The number of rotatable bonds is 3. The number of nitriles is 1. The van der Waals surface area contributed by atoms with Crippen molar-refractivity contribution in [1.29, 1.82) is 5.26 Å². The summed E-state index contributed by atoms with van der Waals surface area (Å²) in [7, 11) is 0. The van der Waals surface area contributed by atoms with Crippen LogP contribution in [0.1, 0.15) is 23.7 Å². The molecule has 7 heteroatoms. The van der Waals surface area contributed by atoms with E-state index in [1.807, 2.05) is 6.92 Å². The summed E-state index contributed by atoms with van der Waals surface area (Å²) in [6.07, 6.45) is 0.792. The minimum atomic E-state index is -0.106. The number of pyridine rings is 1. The predicted octanol–water partition coefficient (Wildman–Crippen LogP) is 2.45. The van der Waals surface area contributed by atoms with Crippen molar-refractivity contribution in [3.05, 3.63) is 28.0 Å². The van der Waals surface area contributed by atoms with Crippen molar-refractivity contribution in [1.82, 2.24) is 14.8 Å². The lowest BCUT2D eigenvalue weighted by molar-refractivity contribution is 0.0604. The lowest BCUT2D eigenvalue weighted by Gasteiger charge is -2.36. The van der Waals surface area contributed by atoms with Crippen LogP contribution < -0.4 is 0 Å². The Kier molecular flexibility index (Phi) is 5.40. The maximum absolute atomic E-state index is 12.4. The Hall–Kier alpha value is -1.35. The Morgan fingerprint density at radius 3 is 2.38 bits per heavy atom. The number of piperazine rings is 1. The summed E-state index contributed by atoms with van der Waals surface area (Å²) in [6, 6.07) is 5.25. The van der Waals surface area contributed by atoms with E-state index >= 15 is 0 Å². The Morgan fingerprint density at radius 2 is 1.90 bits per heavy atom. The number of halogens is 2. The van der Waals surface area contributed by atoms with Crippen LogP contribution in [0.15, 0.2) is 12.1 Å². The van der Waals surface area contributed by atoms with Gasteiger partial charge in [0, 0.05) is 31.7 Å². The molecule has 0 bridgehead atoms. The molecule has 2 rings (SSSR count). The first kappa shape index (κ1) is 16.0. The molecule has 0 aromatic carbocycles. The number of nitrogens with zero attached hydrogens (tertiary/aromatic N) is 4. The number of amides is 1. The molecule has 1 aromatic heterocycles. The van der Waals surface area contributed by atoms with Gasteiger partial charge in [-0.05, 0) is 18.6 Å². The maximum Gasteiger partial charge on any atom is 0.254 e. The number of aromatic nitrogens is 1. The molecule has 1 unspecified atom stereocenters. The van der Waals surface area contributed by atoms with Gasteiger partial charge in [-0.3, -0.25) is 9.69 Å². The molecule has 1 atom stereocenters. The number of carbonyl (C=O) groups excluding carboxylic acids is 1. The van der Waals surface area contributed by atoms with Gasteiger partial charge in [-0.2, -0.15) is 5.26 Å². The Labute approximate surface area is 134 Å². The molecule has 1 aliphatic heterocycles. The number of hydrogen-bond acceptors (Lipinski definition) is 4. The van der Waals surface area contributed by atoms with Gasteiger partial charge in [-0.15, -0.1) is 0 Å². The highest BCUT2D eigenvalue weighted by Crippen LogP contribution is 2.17. The van der Waals surface area contributed by atoms with Gasteiger partial charge in [0.25, 0.3) is 5.91 Å². The zero-order valence-corrected chi connectivity index (χ0v) is 13.2. The molecule has 2 heterocycles. The van der Waals surface area contributed by atoms with E-state index < -0.39 is 0 Å². The van der Waals surface area contributed by atoms with Crippen LogP contribution in [0.5, 0.6) is 0 Å². The molecule has 1 aliphatic rings. The minimum Gasteiger partial charge on any atom is -0.336 e. The van der Waals surface area contributed by atoms with Crippen LogP contribution in [-0.2, 0) is 0 Å². The third-order valence-electron chi connectivity index (χ3n) is 3.59. The molecule has 1 aromatic rings. The topological polar surface area (TPSA) is 60.2 Å². The van der Waals surface area contributed by atoms with E-state index in [4.69, 9.17) is 28.5 Å². The van der Waals surface area contributed by atoms with Crippen molar-refractivity contribution >= 4 is 29.1 Å². The van der Waals surface area contributed by atoms with Crippen molar-refractivity contribution in [3.63, 3.8) is 0 Å². The van der Waals surface area contributed by atoms with E-state index in [2.05, 4.69) is 16.0 Å². The highest BCUT2D eigenvalue weighted by Gasteiger charge is 2.26. The van der Waals surface area contributed by atoms with Gasteiger partial charge in [-0.25, -0.2) is 4.98 Å².